The fourth-order valence-corrected chi connectivity index (χ4v) is 3.38. The Morgan fingerprint density at radius 3 is 2.71 bits per heavy atom. The number of rotatable bonds is 6. The first kappa shape index (κ1) is 17.1. The zero-order valence-electron chi connectivity index (χ0n) is 13.0. The number of piperidine rings is 1. The maximum absolute atomic E-state index is 6.17. The fourth-order valence-electron chi connectivity index (χ4n) is 3.08. The van der Waals surface area contributed by atoms with Crippen LogP contribution in [0.3, 0.4) is 0 Å². The molecule has 1 saturated heterocycles. The van der Waals surface area contributed by atoms with E-state index in [9.17, 15) is 0 Å². The van der Waals surface area contributed by atoms with Crippen LogP contribution < -0.4 is 5.32 Å². The van der Waals surface area contributed by atoms with Gasteiger partial charge in [0.2, 0.25) is 0 Å². The van der Waals surface area contributed by atoms with Gasteiger partial charge >= 0.3 is 0 Å². The Morgan fingerprint density at radius 2 is 2.10 bits per heavy atom. The lowest BCUT2D eigenvalue weighted by atomic mass is 10.0. The van der Waals surface area contributed by atoms with Crippen LogP contribution in [0.2, 0.25) is 10.0 Å². The lowest BCUT2D eigenvalue weighted by Gasteiger charge is -2.34. The molecular weight excluding hydrogens is 303 g/mol. The average molecular weight is 329 g/mol. The topological polar surface area (TPSA) is 15.3 Å². The molecule has 2 nitrogen and oxygen atoms in total. The Labute approximate surface area is 138 Å². The summed E-state index contributed by atoms with van der Waals surface area (Å²) < 4.78 is 0. The summed E-state index contributed by atoms with van der Waals surface area (Å²) in [7, 11) is 0. The van der Waals surface area contributed by atoms with Crippen molar-refractivity contribution in [2.75, 3.05) is 19.6 Å². The van der Waals surface area contributed by atoms with Crippen molar-refractivity contribution in [2.24, 2.45) is 0 Å². The molecule has 0 aliphatic carbocycles. The number of hydrogen-bond donors (Lipinski definition) is 1. The van der Waals surface area contributed by atoms with Crippen LogP contribution in [0.5, 0.6) is 0 Å². The Balaban J connectivity index is 2.06. The molecule has 1 aliphatic heterocycles. The number of nitrogens with zero attached hydrogens (tertiary/aromatic N) is 1. The highest BCUT2D eigenvalue weighted by Crippen LogP contribution is 2.28. The van der Waals surface area contributed by atoms with Crippen LogP contribution in [0.15, 0.2) is 18.2 Å². The monoisotopic (exact) mass is 328 g/mol. The number of hydrogen-bond acceptors (Lipinski definition) is 2. The van der Waals surface area contributed by atoms with E-state index in [1.165, 1.54) is 31.2 Å². The quantitative estimate of drug-likeness (QED) is 0.798. The summed E-state index contributed by atoms with van der Waals surface area (Å²) >= 11 is 12.2. The molecule has 2 atom stereocenters. The lowest BCUT2D eigenvalue weighted by Crippen LogP contribution is -2.44. The molecule has 0 radical (unpaired) electrons. The second-order valence-electron chi connectivity index (χ2n) is 5.99. The molecule has 0 bridgehead atoms. The van der Waals surface area contributed by atoms with Crippen LogP contribution in [0.25, 0.3) is 0 Å². The largest absolute Gasteiger partial charge is 0.313 e. The highest BCUT2D eigenvalue weighted by Gasteiger charge is 2.21. The Bertz CT molecular complexity index is 444. The summed E-state index contributed by atoms with van der Waals surface area (Å²) in [4.78, 5) is 2.56. The molecule has 1 fully saturated rings. The smallest absolute Gasteiger partial charge is 0.0595 e. The van der Waals surface area contributed by atoms with Crippen molar-refractivity contribution in [1.29, 1.82) is 0 Å². The van der Waals surface area contributed by atoms with Gasteiger partial charge in [-0.3, -0.25) is 4.90 Å². The van der Waals surface area contributed by atoms with Crippen molar-refractivity contribution in [2.45, 2.75) is 51.6 Å². The zero-order valence-corrected chi connectivity index (χ0v) is 14.6. The SMILES string of the molecule is CCCN(CC1CCCCN1)C(C)c1ccc(Cl)c(Cl)c1. The Kier molecular flexibility index (Phi) is 6.81. The Hall–Kier alpha value is -0.280. The van der Waals surface area contributed by atoms with Gasteiger partial charge in [0.25, 0.3) is 0 Å². The summed E-state index contributed by atoms with van der Waals surface area (Å²) in [5.74, 6) is 0. The third-order valence-corrected chi connectivity index (χ3v) is 5.09. The van der Waals surface area contributed by atoms with Crippen LogP contribution in [0, 0.1) is 0 Å². The standard InChI is InChI=1S/C17H26Cl2N2/c1-3-10-21(12-15-6-4-5-9-20-15)13(2)14-7-8-16(18)17(19)11-14/h7-8,11,13,15,20H,3-6,9-10,12H2,1-2H3. The van der Waals surface area contributed by atoms with E-state index in [-0.39, 0.29) is 0 Å². The summed E-state index contributed by atoms with van der Waals surface area (Å²) in [5.41, 5.74) is 1.24. The first-order valence-corrected chi connectivity index (χ1v) is 8.79. The van der Waals surface area contributed by atoms with Crippen molar-refractivity contribution in [3.63, 3.8) is 0 Å². The van der Waals surface area contributed by atoms with Crippen molar-refractivity contribution in [3.05, 3.63) is 33.8 Å². The molecule has 0 saturated carbocycles. The van der Waals surface area contributed by atoms with Crippen LogP contribution in [-0.4, -0.2) is 30.6 Å². The van der Waals surface area contributed by atoms with Crippen molar-refractivity contribution < 1.29 is 0 Å². The fraction of sp³-hybridized carbons (Fsp3) is 0.647. The minimum Gasteiger partial charge on any atom is -0.313 e. The number of nitrogens with one attached hydrogen (secondary N) is 1. The predicted molar refractivity (Wildman–Crippen MR) is 92.4 cm³/mol. The van der Waals surface area contributed by atoms with Crippen LogP contribution in [0.4, 0.5) is 0 Å². The molecule has 1 aromatic rings. The lowest BCUT2D eigenvalue weighted by molar-refractivity contribution is 0.176. The van der Waals surface area contributed by atoms with Gasteiger partial charge in [0.05, 0.1) is 10.0 Å². The van der Waals surface area contributed by atoms with E-state index >= 15 is 0 Å². The molecule has 1 N–H and O–H groups in total. The molecule has 2 unspecified atom stereocenters. The molecule has 21 heavy (non-hydrogen) atoms. The van der Waals surface area contributed by atoms with Gasteiger partial charge in [0, 0.05) is 18.6 Å². The summed E-state index contributed by atoms with van der Waals surface area (Å²) in [6.07, 6.45) is 5.11. The minimum atomic E-state index is 0.364. The van der Waals surface area contributed by atoms with Crippen LogP contribution in [-0.2, 0) is 0 Å². The van der Waals surface area contributed by atoms with E-state index in [4.69, 9.17) is 23.2 Å². The van der Waals surface area contributed by atoms with Gasteiger partial charge in [-0.25, -0.2) is 0 Å². The highest BCUT2D eigenvalue weighted by molar-refractivity contribution is 6.42. The molecule has 1 heterocycles. The van der Waals surface area contributed by atoms with Crippen molar-refractivity contribution >= 4 is 23.2 Å². The second-order valence-corrected chi connectivity index (χ2v) is 6.81. The van der Waals surface area contributed by atoms with E-state index in [2.05, 4.69) is 30.1 Å². The van der Waals surface area contributed by atoms with E-state index < -0.39 is 0 Å². The minimum absolute atomic E-state index is 0.364. The van der Waals surface area contributed by atoms with Gasteiger partial charge in [0.15, 0.2) is 0 Å². The third kappa shape index (κ3) is 4.85. The first-order valence-electron chi connectivity index (χ1n) is 8.04. The van der Waals surface area contributed by atoms with Crippen LogP contribution in [0.1, 0.15) is 51.1 Å². The summed E-state index contributed by atoms with van der Waals surface area (Å²) in [5, 5.41) is 4.92. The molecule has 4 heteroatoms. The third-order valence-electron chi connectivity index (χ3n) is 4.35. The molecule has 1 aliphatic rings. The van der Waals surface area contributed by atoms with Crippen molar-refractivity contribution in [3.8, 4) is 0 Å². The first-order chi connectivity index (χ1) is 10.1. The van der Waals surface area contributed by atoms with E-state index in [1.54, 1.807) is 0 Å². The summed E-state index contributed by atoms with van der Waals surface area (Å²) in [6.45, 7) is 7.88. The molecular formula is C17H26Cl2N2. The predicted octanol–water partition coefficient (Wildman–Crippen LogP) is 4.91. The zero-order chi connectivity index (χ0) is 15.2. The van der Waals surface area contributed by atoms with Gasteiger partial charge in [-0.15, -0.1) is 0 Å². The van der Waals surface area contributed by atoms with Gasteiger partial charge in [0.1, 0.15) is 0 Å². The van der Waals surface area contributed by atoms with Gasteiger partial charge in [-0.05, 0) is 57.0 Å². The van der Waals surface area contributed by atoms with Gasteiger partial charge in [-0.2, -0.15) is 0 Å². The van der Waals surface area contributed by atoms with Crippen LogP contribution >= 0.6 is 23.2 Å². The molecule has 2 rings (SSSR count). The van der Waals surface area contributed by atoms with Crippen molar-refractivity contribution in [1.82, 2.24) is 10.2 Å². The molecule has 0 amide bonds. The van der Waals surface area contributed by atoms with Gasteiger partial charge < -0.3 is 5.32 Å². The summed E-state index contributed by atoms with van der Waals surface area (Å²) in [6, 6.07) is 6.99. The molecule has 0 spiro atoms. The molecule has 118 valence electrons. The second kappa shape index (κ2) is 8.38. The maximum Gasteiger partial charge on any atom is 0.0595 e. The normalized spacial score (nSPS) is 20.7. The average Bonchev–Trinajstić information content (AvgIpc) is 2.50. The maximum atomic E-state index is 6.17. The van der Waals surface area contributed by atoms with E-state index in [0.29, 0.717) is 22.1 Å². The number of halogens is 2. The Morgan fingerprint density at radius 1 is 1.29 bits per heavy atom. The highest BCUT2D eigenvalue weighted by atomic mass is 35.5. The molecule has 0 aromatic heterocycles. The number of benzene rings is 1. The van der Waals surface area contributed by atoms with E-state index in [0.717, 1.165) is 19.6 Å². The van der Waals surface area contributed by atoms with E-state index in [1.807, 2.05) is 12.1 Å². The van der Waals surface area contributed by atoms with Gasteiger partial charge in [-0.1, -0.05) is 42.6 Å². The molecule has 1 aromatic carbocycles.